The van der Waals surface area contributed by atoms with Crippen molar-refractivity contribution in [2.75, 3.05) is 6.54 Å². The smallest absolute Gasteiger partial charge is 0.352 e. The minimum Gasteiger partial charge on any atom is -0.352 e. The van der Waals surface area contributed by atoms with Gasteiger partial charge in [-0.3, -0.25) is 14.2 Å². The summed E-state index contributed by atoms with van der Waals surface area (Å²) in [6.07, 6.45) is -2.15. The van der Waals surface area contributed by atoms with Crippen LogP contribution in [0.5, 0.6) is 0 Å². The highest BCUT2D eigenvalue weighted by Gasteiger charge is 2.37. The lowest BCUT2D eigenvalue weighted by molar-refractivity contribution is -0.141. The molecule has 1 aliphatic rings. The fraction of sp³-hybridized carbons (Fsp3) is 0.435. The third-order valence-corrected chi connectivity index (χ3v) is 5.55. The van der Waals surface area contributed by atoms with Gasteiger partial charge >= 0.3 is 6.18 Å². The van der Waals surface area contributed by atoms with E-state index in [2.05, 4.69) is 15.5 Å². The molecular formula is C23H26F3N5O. The van der Waals surface area contributed by atoms with E-state index in [0.717, 1.165) is 35.9 Å². The largest absolute Gasteiger partial charge is 0.435 e. The van der Waals surface area contributed by atoms with Gasteiger partial charge in [-0.25, -0.2) is 0 Å². The summed E-state index contributed by atoms with van der Waals surface area (Å²) in [5.74, 6) is -0.0442. The van der Waals surface area contributed by atoms with E-state index in [-0.39, 0.29) is 11.8 Å². The highest BCUT2D eigenvalue weighted by molar-refractivity contribution is 5.94. The molecule has 0 aliphatic heterocycles. The van der Waals surface area contributed by atoms with E-state index >= 15 is 0 Å². The number of carbonyl (C=O) groups is 1. The Morgan fingerprint density at radius 1 is 1.12 bits per heavy atom. The molecule has 3 aromatic rings. The second-order valence-corrected chi connectivity index (χ2v) is 8.34. The maximum absolute atomic E-state index is 13.0. The molecule has 0 saturated heterocycles. The van der Waals surface area contributed by atoms with Crippen LogP contribution in [0.2, 0.25) is 0 Å². The normalized spacial score (nSPS) is 14.0. The lowest BCUT2D eigenvalue weighted by Gasteiger charge is -2.10. The minimum absolute atomic E-state index is 0.165. The molecule has 9 heteroatoms. The van der Waals surface area contributed by atoms with Crippen molar-refractivity contribution < 1.29 is 18.0 Å². The molecule has 2 heterocycles. The van der Waals surface area contributed by atoms with Gasteiger partial charge in [0.2, 0.25) is 0 Å². The number of nitrogens with zero attached hydrogens (tertiary/aromatic N) is 4. The van der Waals surface area contributed by atoms with Crippen molar-refractivity contribution >= 4 is 5.91 Å². The summed E-state index contributed by atoms with van der Waals surface area (Å²) in [4.78, 5) is 12.5. The molecule has 1 aliphatic carbocycles. The Bertz CT molecular complexity index is 1110. The quantitative estimate of drug-likeness (QED) is 0.521. The van der Waals surface area contributed by atoms with Gasteiger partial charge in [-0.15, -0.1) is 0 Å². The fourth-order valence-corrected chi connectivity index (χ4v) is 3.81. The van der Waals surface area contributed by atoms with Crippen LogP contribution in [0.3, 0.4) is 0 Å². The standard InChI is InChI=1S/C23H26F3N5O/c1-15-11-16(2)31(28-15)14-17-5-3-6-19(12-17)22(32)27-9-4-10-30-20(18-7-8-18)13-21(29-30)23(24,25)26/h3,5-6,11-13,18H,4,7-10,14H2,1-2H3,(H,27,32). The number of hydrogen-bond donors (Lipinski definition) is 1. The number of aryl methyl sites for hydroxylation is 3. The predicted molar refractivity (Wildman–Crippen MR) is 113 cm³/mol. The second kappa shape index (κ2) is 8.80. The Labute approximate surface area is 184 Å². The SMILES string of the molecule is Cc1cc(C)n(Cc2cccc(C(=O)NCCCn3nc(C(F)(F)F)cc3C3CC3)c2)n1. The number of rotatable bonds is 8. The fourth-order valence-electron chi connectivity index (χ4n) is 3.81. The molecule has 1 saturated carbocycles. The number of benzene rings is 1. The first-order chi connectivity index (χ1) is 15.2. The van der Waals surface area contributed by atoms with Crippen LogP contribution < -0.4 is 5.32 Å². The summed E-state index contributed by atoms with van der Waals surface area (Å²) in [6.45, 7) is 5.19. The zero-order valence-corrected chi connectivity index (χ0v) is 18.1. The van der Waals surface area contributed by atoms with Gasteiger partial charge in [-0.05, 0) is 62.9 Å². The Balaban J connectivity index is 1.32. The van der Waals surface area contributed by atoms with E-state index in [9.17, 15) is 18.0 Å². The highest BCUT2D eigenvalue weighted by atomic mass is 19.4. The van der Waals surface area contributed by atoms with Gasteiger partial charge in [0.15, 0.2) is 5.69 Å². The zero-order chi connectivity index (χ0) is 22.9. The number of alkyl halides is 3. The predicted octanol–water partition coefficient (Wildman–Crippen LogP) is 4.46. The number of aromatic nitrogens is 4. The first-order valence-corrected chi connectivity index (χ1v) is 10.7. The van der Waals surface area contributed by atoms with Crippen LogP contribution in [0, 0.1) is 13.8 Å². The molecule has 2 aromatic heterocycles. The average molecular weight is 445 g/mol. The van der Waals surface area contributed by atoms with Crippen LogP contribution in [0.15, 0.2) is 36.4 Å². The van der Waals surface area contributed by atoms with Gasteiger partial charge in [0, 0.05) is 36.0 Å². The molecule has 0 atom stereocenters. The molecule has 0 bridgehead atoms. The summed E-state index contributed by atoms with van der Waals surface area (Å²) >= 11 is 0. The Hall–Kier alpha value is -3.10. The Morgan fingerprint density at radius 3 is 2.56 bits per heavy atom. The van der Waals surface area contributed by atoms with E-state index in [0.29, 0.717) is 37.3 Å². The average Bonchev–Trinajstić information content (AvgIpc) is 3.40. The molecule has 0 radical (unpaired) electrons. The van der Waals surface area contributed by atoms with Gasteiger partial charge in [-0.1, -0.05) is 12.1 Å². The van der Waals surface area contributed by atoms with Crippen molar-refractivity contribution in [2.45, 2.75) is 58.3 Å². The monoisotopic (exact) mass is 445 g/mol. The van der Waals surface area contributed by atoms with E-state index in [1.807, 2.05) is 42.8 Å². The highest BCUT2D eigenvalue weighted by Crippen LogP contribution is 2.42. The van der Waals surface area contributed by atoms with Crippen LogP contribution in [-0.4, -0.2) is 32.0 Å². The molecule has 4 rings (SSSR count). The lowest BCUT2D eigenvalue weighted by Crippen LogP contribution is -2.25. The maximum atomic E-state index is 13.0. The van der Waals surface area contributed by atoms with E-state index in [4.69, 9.17) is 0 Å². The first kappa shape index (κ1) is 22.1. The molecule has 1 fully saturated rings. The van der Waals surface area contributed by atoms with Crippen molar-refractivity contribution in [3.63, 3.8) is 0 Å². The first-order valence-electron chi connectivity index (χ1n) is 10.7. The molecule has 1 aromatic carbocycles. The number of amides is 1. The molecular weight excluding hydrogens is 419 g/mol. The van der Waals surface area contributed by atoms with Crippen molar-refractivity contribution in [3.8, 4) is 0 Å². The summed E-state index contributed by atoms with van der Waals surface area (Å²) in [5.41, 5.74) is 3.30. The Kier molecular flexibility index (Phi) is 6.08. The minimum atomic E-state index is -4.44. The van der Waals surface area contributed by atoms with E-state index in [1.165, 1.54) is 4.68 Å². The van der Waals surface area contributed by atoms with Crippen molar-refractivity contribution in [1.82, 2.24) is 24.9 Å². The molecule has 0 spiro atoms. The summed E-state index contributed by atoms with van der Waals surface area (Å²) in [6, 6.07) is 10.5. The van der Waals surface area contributed by atoms with Gasteiger partial charge < -0.3 is 5.32 Å². The second-order valence-electron chi connectivity index (χ2n) is 8.34. The topological polar surface area (TPSA) is 64.7 Å². The maximum Gasteiger partial charge on any atom is 0.435 e. The van der Waals surface area contributed by atoms with Crippen LogP contribution in [0.25, 0.3) is 0 Å². The van der Waals surface area contributed by atoms with Crippen LogP contribution >= 0.6 is 0 Å². The molecule has 170 valence electrons. The van der Waals surface area contributed by atoms with Crippen LogP contribution in [0.4, 0.5) is 13.2 Å². The number of halogens is 3. The third-order valence-electron chi connectivity index (χ3n) is 5.55. The van der Waals surface area contributed by atoms with Crippen LogP contribution in [-0.2, 0) is 19.3 Å². The van der Waals surface area contributed by atoms with E-state index < -0.39 is 11.9 Å². The lowest BCUT2D eigenvalue weighted by atomic mass is 10.1. The van der Waals surface area contributed by atoms with Gasteiger partial charge in [0.1, 0.15) is 0 Å². The van der Waals surface area contributed by atoms with Gasteiger partial charge in [0.25, 0.3) is 5.91 Å². The molecule has 32 heavy (non-hydrogen) atoms. The molecule has 6 nitrogen and oxygen atoms in total. The number of nitrogens with one attached hydrogen (secondary N) is 1. The third kappa shape index (κ3) is 5.20. The Morgan fingerprint density at radius 2 is 1.91 bits per heavy atom. The molecule has 1 amide bonds. The summed E-state index contributed by atoms with van der Waals surface area (Å²) in [7, 11) is 0. The van der Waals surface area contributed by atoms with Gasteiger partial charge in [-0.2, -0.15) is 23.4 Å². The number of carbonyl (C=O) groups excluding carboxylic acids is 1. The van der Waals surface area contributed by atoms with Crippen molar-refractivity contribution in [3.05, 3.63) is 70.3 Å². The number of hydrogen-bond acceptors (Lipinski definition) is 3. The van der Waals surface area contributed by atoms with Crippen molar-refractivity contribution in [1.29, 1.82) is 0 Å². The van der Waals surface area contributed by atoms with Gasteiger partial charge in [0.05, 0.1) is 12.2 Å². The molecule has 0 unspecified atom stereocenters. The van der Waals surface area contributed by atoms with E-state index in [1.54, 1.807) is 6.07 Å². The van der Waals surface area contributed by atoms with Crippen molar-refractivity contribution in [2.24, 2.45) is 0 Å². The molecule has 1 N–H and O–H groups in total. The van der Waals surface area contributed by atoms with Crippen LogP contribution in [0.1, 0.15) is 63.9 Å². The zero-order valence-electron chi connectivity index (χ0n) is 18.1. The summed E-state index contributed by atoms with van der Waals surface area (Å²) in [5, 5.41) is 11.0. The summed E-state index contributed by atoms with van der Waals surface area (Å²) < 4.78 is 42.3.